The molecule has 0 amide bonds. The lowest BCUT2D eigenvalue weighted by Gasteiger charge is -2.11. The van der Waals surface area contributed by atoms with Crippen LogP contribution in [-0.4, -0.2) is 24.9 Å². The Balaban J connectivity index is 1.57. The van der Waals surface area contributed by atoms with E-state index < -0.39 is 10.1 Å². The maximum atomic E-state index is 13.0. The molecular formula is C23H15ClN2O5S2. The standard InChI is InChI=1S/C23H15ClN2O5S2/c1-30-19-11-6-14(12-20(19)31-33(28,29)16-9-7-15(24)8-10-16)13-21-22(27)26-18-5-3-2-4-17(18)25-23(26)32-21/h2-13H,1H3/b21-13-. The molecule has 10 heteroatoms. The molecule has 33 heavy (non-hydrogen) atoms. The highest BCUT2D eigenvalue weighted by molar-refractivity contribution is 7.87. The number of hydrogen-bond acceptors (Lipinski definition) is 7. The fourth-order valence-corrected chi connectivity index (χ4v) is 5.42. The molecule has 166 valence electrons. The first-order valence-electron chi connectivity index (χ1n) is 9.65. The van der Waals surface area contributed by atoms with Crippen molar-refractivity contribution in [2.75, 3.05) is 7.11 Å². The van der Waals surface area contributed by atoms with Gasteiger partial charge in [-0.2, -0.15) is 8.42 Å². The maximum absolute atomic E-state index is 13.0. The Labute approximate surface area is 197 Å². The van der Waals surface area contributed by atoms with Crippen molar-refractivity contribution in [3.63, 3.8) is 0 Å². The van der Waals surface area contributed by atoms with Crippen molar-refractivity contribution in [1.29, 1.82) is 0 Å². The van der Waals surface area contributed by atoms with Gasteiger partial charge in [0.2, 0.25) is 0 Å². The van der Waals surface area contributed by atoms with Gasteiger partial charge in [0.15, 0.2) is 16.5 Å². The van der Waals surface area contributed by atoms with Gasteiger partial charge in [-0.15, -0.1) is 0 Å². The van der Waals surface area contributed by atoms with E-state index in [4.69, 9.17) is 20.5 Å². The van der Waals surface area contributed by atoms with E-state index >= 15 is 0 Å². The fraction of sp³-hybridized carbons (Fsp3) is 0.0435. The lowest BCUT2D eigenvalue weighted by atomic mass is 10.2. The predicted molar refractivity (Wildman–Crippen MR) is 128 cm³/mol. The van der Waals surface area contributed by atoms with Gasteiger partial charge in [-0.05, 0) is 60.2 Å². The van der Waals surface area contributed by atoms with Crippen LogP contribution in [0.5, 0.6) is 11.5 Å². The normalized spacial score (nSPS) is 12.5. The van der Waals surface area contributed by atoms with Gasteiger partial charge in [-0.25, -0.2) is 9.38 Å². The van der Waals surface area contributed by atoms with E-state index in [1.54, 1.807) is 22.6 Å². The second-order valence-electron chi connectivity index (χ2n) is 7.04. The van der Waals surface area contributed by atoms with E-state index in [-0.39, 0.29) is 22.0 Å². The van der Waals surface area contributed by atoms with E-state index in [0.29, 0.717) is 20.1 Å². The molecule has 0 radical (unpaired) electrons. The number of rotatable bonds is 5. The summed E-state index contributed by atoms with van der Waals surface area (Å²) in [6, 6.07) is 17.9. The van der Waals surface area contributed by atoms with Gasteiger partial charge in [0.1, 0.15) is 4.90 Å². The Bertz CT molecular complexity index is 1720. The van der Waals surface area contributed by atoms with Gasteiger partial charge >= 0.3 is 10.1 Å². The molecule has 0 unspecified atom stereocenters. The number of ether oxygens (including phenoxy) is 1. The number of fused-ring (bicyclic) bond motifs is 3. The molecule has 2 heterocycles. The quantitative estimate of drug-likeness (QED) is 0.342. The Hall–Kier alpha value is -3.40. The first-order chi connectivity index (χ1) is 15.9. The number of halogens is 1. The molecule has 0 spiro atoms. The Kier molecular flexibility index (Phi) is 5.32. The molecule has 0 saturated heterocycles. The summed E-state index contributed by atoms with van der Waals surface area (Å²) in [5.74, 6) is 0.236. The zero-order valence-electron chi connectivity index (χ0n) is 17.1. The fourth-order valence-electron chi connectivity index (χ4n) is 3.38. The van der Waals surface area contributed by atoms with Gasteiger partial charge in [-0.3, -0.25) is 4.79 Å². The van der Waals surface area contributed by atoms with Gasteiger partial charge in [0.05, 0.1) is 22.7 Å². The maximum Gasteiger partial charge on any atom is 0.339 e. The highest BCUT2D eigenvalue weighted by atomic mass is 35.5. The monoisotopic (exact) mass is 498 g/mol. The molecule has 0 saturated carbocycles. The minimum atomic E-state index is -4.12. The van der Waals surface area contributed by atoms with Crippen molar-refractivity contribution in [3.05, 3.63) is 92.2 Å². The lowest BCUT2D eigenvalue weighted by molar-refractivity contribution is 0.390. The van der Waals surface area contributed by atoms with Crippen LogP contribution in [0.2, 0.25) is 5.02 Å². The van der Waals surface area contributed by atoms with Crippen LogP contribution in [-0.2, 0) is 10.1 Å². The van der Waals surface area contributed by atoms with Crippen LogP contribution in [0.4, 0.5) is 0 Å². The Morgan fingerprint density at radius 3 is 2.55 bits per heavy atom. The number of hydrogen-bond donors (Lipinski definition) is 0. The molecule has 0 bridgehead atoms. The van der Waals surface area contributed by atoms with Crippen molar-refractivity contribution < 1.29 is 17.3 Å². The third-order valence-electron chi connectivity index (χ3n) is 4.93. The van der Waals surface area contributed by atoms with Crippen LogP contribution in [0.3, 0.4) is 0 Å². The number of para-hydroxylation sites is 2. The Morgan fingerprint density at radius 2 is 1.79 bits per heavy atom. The largest absolute Gasteiger partial charge is 0.493 e. The van der Waals surface area contributed by atoms with Crippen LogP contribution < -0.4 is 19.0 Å². The molecule has 5 rings (SSSR count). The number of imidazole rings is 1. The number of benzene rings is 3. The predicted octanol–water partition coefficient (Wildman–Crippen LogP) is 3.89. The van der Waals surface area contributed by atoms with Crippen molar-refractivity contribution in [1.82, 2.24) is 9.38 Å². The topological polar surface area (TPSA) is 87.0 Å². The molecule has 7 nitrogen and oxygen atoms in total. The average molecular weight is 499 g/mol. The summed E-state index contributed by atoms with van der Waals surface area (Å²) in [7, 11) is -2.71. The van der Waals surface area contributed by atoms with Crippen molar-refractivity contribution >= 4 is 55.1 Å². The average Bonchev–Trinajstić information content (AvgIpc) is 3.30. The van der Waals surface area contributed by atoms with E-state index in [1.165, 1.54) is 48.8 Å². The second kappa shape index (κ2) is 8.18. The molecule has 5 aromatic rings. The third-order valence-corrected chi connectivity index (χ3v) is 7.40. The van der Waals surface area contributed by atoms with Gasteiger partial charge in [0, 0.05) is 5.02 Å². The van der Waals surface area contributed by atoms with E-state index in [9.17, 15) is 13.2 Å². The zero-order valence-corrected chi connectivity index (χ0v) is 19.4. The first kappa shape index (κ1) is 21.4. The molecule has 2 aromatic heterocycles. The minimum Gasteiger partial charge on any atom is -0.493 e. The molecular weight excluding hydrogens is 484 g/mol. The van der Waals surface area contributed by atoms with E-state index in [0.717, 1.165) is 11.0 Å². The molecule has 0 atom stereocenters. The van der Waals surface area contributed by atoms with Crippen molar-refractivity contribution in [2.24, 2.45) is 0 Å². The molecule has 0 aliphatic carbocycles. The van der Waals surface area contributed by atoms with Crippen LogP contribution in [0.15, 0.2) is 76.4 Å². The number of thiazole rings is 1. The Morgan fingerprint density at radius 1 is 1.03 bits per heavy atom. The summed E-state index contributed by atoms with van der Waals surface area (Å²) in [4.78, 5) is 18.0. The zero-order chi connectivity index (χ0) is 23.2. The van der Waals surface area contributed by atoms with Crippen LogP contribution in [0, 0.1) is 0 Å². The van der Waals surface area contributed by atoms with E-state index in [1.807, 2.05) is 24.3 Å². The van der Waals surface area contributed by atoms with Crippen molar-refractivity contribution in [3.8, 4) is 11.5 Å². The van der Waals surface area contributed by atoms with Crippen molar-refractivity contribution in [2.45, 2.75) is 4.90 Å². The highest BCUT2D eigenvalue weighted by Gasteiger charge is 2.19. The van der Waals surface area contributed by atoms with Gasteiger partial charge in [0.25, 0.3) is 5.56 Å². The second-order valence-corrected chi connectivity index (χ2v) is 10.0. The molecule has 0 fully saturated rings. The first-order valence-corrected chi connectivity index (χ1v) is 12.3. The SMILES string of the molecule is COc1ccc(/C=c2\sc3nc4ccccc4n3c2=O)cc1OS(=O)(=O)c1ccc(Cl)cc1. The molecule has 0 aliphatic heterocycles. The third kappa shape index (κ3) is 3.95. The van der Waals surface area contributed by atoms with E-state index in [2.05, 4.69) is 4.98 Å². The summed E-state index contributed by atoms with van der Waals surface area (Å²) in [6.07, 6.45) is 1.66. The summed E-state index contributed by atoms with van der Waals surface area (Å²) in [6.45, 7) is 0. The molecule has 0 N–H and O–H groups in total. The van der Waals surface area contributed by atoms with Crippen LogP contribution in [0.25, 0.3) is 22.1 Å². The number of methoxy groups -OCH3 is 1. The molecule has 0 aliphatic rings. The van der Waals surface area contributed by atoms with Crippen LogP contribution in [0.1, 0.15) is 5.56 Å². The molecule has 3 aromatic carbocycles. The summed E-state index contributed by atoms with van der Waals surface area (Å²) in [5.41, 5.74) is 1.86. The summed E-state index contributed by atoms with van der Waals surface area (Å²) in [5, 5.41) is 0.409. The van der Waals surface area contributed by atoms with Gasteiger partial charge < -0.3 is 8.92 Å². The van der Waals surface area contributed by atoms with Crippen LogP contribution >= 0.6 is 22.9 Å². The highest BCUT2D eigenvalue weighted by Crippen LogP contribution is 2.31. The lowest BCUT2D eigenvalue weighted by Crippen LogP contribution is -2.22. The van der Waals surface area contributed by atoms with Gasteiger partial charge in [-0.1, -0.05) is 41.1 Å². The minimum absolute atomic E-state index is 0.000400. The number of aromatic nitrogens is 2. The smallest absolute Gasteiger partial charge is 0.339 e. The summed E-state index contributed by atoms with van der Waals surface area (Å²) >= 11 is 7.10. The number of nitrogens with zero attached hydrogens (tertiary/aromatic N) is 2. The summed E-state index contributed by atoms with van der Waals surface area (Å²) < 4.78 is 38.1.